The molecule has 0 spiro atoms. The molecule has 2 fully saturated rings. The summed E-state index contributed by atoms with van der Waals surface area (Å²) in [5.41, 5.74) is 1.21. The number of benzene rings is 2. The van der Waals surface area contributed by atoms with E-state index in [-0.39, 0.29) is 42.8 Å². The highest BCUT2D eigenvalue weighted by Crippen LogP contribution is 2.47. The summed E-state index contributed by atoms with van der Waals surface area (Å²) >= 11 is 0. The van der Waals surface area contributed by atoms with Crippen molar-refractivity contribution < 1.29 is 19.0 Å². The van der Waals surface area contributed by atoms with E-state index in [0.29, 0.717) is 0 Å². The molecule has 2 unspecified atom stereocenters. The highest BCUT2D eigenvalue weighted by Gasteiger charge is 2.54. The number of likely N-dealkylation sites (N-methyl/N-ethyl adjacent to an activating group) is 1. The maximum atomic E-state index is 12.8. The molecule has 0 aliphatic carbocycles. The zero-order chi connectivity index (χ0) is 19.0. The monoisotopic (exact) mass is 369 g/mol. The SMILES string of the molecule is COCO[C@H]1CC2[C@@H](C(=O)OC)[C@H](c3ccc4ccccc4c3)CC1N2C. The van der Waals surface area contributed by atoms with Gasteiger partial charge in [-0.3, -0.25) is 9.69 Å². The maximum Gasteiger partial charge on any atom is 0.310 e. The Morgan fingerprint density at radius 1 is 1.07 bits per heavy atom. The van der Waals surface area contributed by atoms with Gasteiger partial charge in [-0.1, -0.05) is 42.5 Å². The lowest BCUT2D eigenvalue weighted by Gasteiger charge is -2.42. The topological polar surface area (TPSA) is 48.0 Å². The van der Waals surface area contributed by atoms with Gasteiger partial charge in [-0.2, -0.15) is 0 Å². The van der Waals surface area contributed by atoms with Crippen LogP contribution in [0.4, 0.5) is 0 Å². The van der Waals surface area contributed by atoms with Crippen LogP contribution in [0.1, 0.15) is 24.3 Å². The normalized spacial score (nSPS) is 30.6. The second kappa shape index (κ2) is 7.58. The number of hydrogen-bond donors (Lipinski definition) is 0. The van der Waals surface area contributed by atoms with Gasteiger partial charge in [0.1, 0.15) is 6.79 Å². The third-order valence-corrected chi connectivity index (χ3v) is 6.37. The summed E-state index contributed by atoms with van der Waals surface area (Å²) in [6.07, 6.45) is 1.78. The minimum atomic E-state index is -0.187. The first kappa shape index (κ1) is 18.4. The summed E-state index contributed by atoms with van der Waals surface area (Å²) in [5, 5.41) is 2.42. The zero-order valence-corrected chi connectivity index (χ0v) is 16.1. The predicted octanol–water partition coefficient (Wildman–Crippen LogP) is 3.18. The molecule has 5 heteroatoms. The van der Waals surface area contributed by atoms with Gasteiger partial charge in [-0.25, -0.2) is 0 Å². The second-order valence-corrected chi connectivity index (χ2v) is 7.65. The van der Waals surface area contributed by atoms with E-state index in [9.17, 15) is 4.79 Å². The van der Waals surface area contributed by atoms with Crippen molar-refractivity contribution in [2.75, 3.05) is 28.1 Å². The Bertz CT molecular complexity index is 823. The molecule has 5 atom stereocenters. The summed E-state index contributed by atoms with van der Waals surface area (Å²) in [5.74, 6) is -0.186. The van der Waals surface area contributed by atoms with Crippen molar-refractivity contribution in [1.82, 2.24) is 4.90 Å². The molecule has 0 radical (unpaired) electrons. The van der Waals surface area contributed by atoms with Gasteiger partial charge >= 0.3 is 5.97 Å². The van der Waals surface area contributed by atoms with Crippen LogP contribution in [0.3, 0.4) is 0 Å². The molecule has 2 bridgehead atoms. The fraction of sp³-hybridized carbons (Fsp3) is 0.500. The summed E-state index contributed by atoms with van der Waals surface area (Å²) in [6, 6.07) is 15.3. The summed E-state index contributed by atoms with van der Waals surface area (Å²) < 4.78 is 16.3. The fourth-order valence-corrected chi connectivity index (χ4v) is 5.04. The molecule has 27 heavy (non-hydrogen) atoms. The molecule has 2 aromatic carbocycles. The third-order valence-electron chi connectivity index (χ3n) is 6.37. The molecule has 2 aromatic rings. The van der Waals surface area contributed by atoms with E-state index < -0.39 is 0 Å². The van der Waals surface area contributed by atoms with E-state index in [0.717, 1.165) is 12.8 Å². The van der Waals surface area contributed by atoms with E-state index in [1.54, 1.807) is 7.11 Å². The molecule has 2 heterocycles. The first-order chi connectivity index (χ1) is 13.1. The molecule has 0 aromatic heterocycles. The third kappa shape index (κ3) is 3.24. The van der Waals surface area contributed by atoms with Crippen LogP contribution in [0.5, 0.6) is 0 Å². The van der Waals surface area contributed by atoms with Gasteiger partial charge in [-0.05, 0) is 36.2 Å². The molecule has 4 rings (SSSR count). The number of fused-ring (bicyclic) bond motifs is 3. The van der Waals surface area contributed by atoms with Crippen molar-refractivity contribution in [1.29, 1.82) is 0 Å². The van der Waals surface area contributed by atoms with E-state index in [1.807, 2.05) is 6.07 Å². The van der Waals surface area contributed by atoms with Crippen LogP contribution >= 0.6 is 0 Å². The van der Waals surface area contributed by atoms with Gasteiger partial charge in [-0.15, -0.1) is 0 Å². The Hall–Kier alpha value is -1.95. The zero-order valence-electron chi connectivity index (χ0n) is 16.1. The van der Waals surface area contributed by atoms with E-state index in [1.165, 1.54) is 23.4 Å². The molecular formula is C22H27NO4. The lowest BCUT2D eigenvalue weighted by Crippen LogP contribution is -2.50. The smallest absolute Gasteiger partial charge is 0.310 e. The number of esters is 1. The summed E-state index contributed by atoms with van der Waals surface area (Å²) in [4.78, 5) is 15.1. The van der Waals surface area contributed by atoms with Crippen molar-refractivity contribution in [3.8, 4) is 0 Å². The second-order valence-electron chi connectivity index (χ2n) is 7.65. The van der Waals surface area contributed by atoms with Crippen molar-refractivity contribution in [2.45, 2.75) is 36.9 Å². The van der Waals surface area contributed by atoms with Gasteiger partial charge in [0.25, 0.3) is 0 Å². The maximum absolute atomic E-state index is 12.8. The van der Waals surface area contributed by atoms with Crippen LogP contribution < -0.4 is 0 Å². The van der Waals surface area contributed by atoms with Crippen LogP contribution in [-0.4, -0.2) is 57.1 Å². The van der Waals surface area contributed by atoms with Gasteiger partial charge < -0.3 is 14.2 Å². The Labute approximate surface area is 160 Å². The average molecular weight is 369 g/mol. The molecule has 2 aliphatic heterocycles. The van der Waals surface area contributed by atoms with Crippen LogP contribution in [0.15, 0.2) is 42.5 Å². The Balaban J connectivity index is 1.70. The Kier molecular flexibility index (Phi) is 5.17. The number of ether oxygens (including phenoxy) is 3. The van der Waals surface area contributed by atoms with E-state index in [4.69, 9.17) is 14.2 Å². The molecule has 0 N–H and O–H groups in total. The highest BCUT2D eigenvalue weighted by molar-refractivity contribution is 5.83. The number of hydrogen-bond acceptors (Lipinski definition) is 5. The fourth-order valence-electron chi connectivity index (χ4n) is 5.04. The minimum absolute atomic E-state index is 0.0811. The summed E-state index contributed by atoms with van der Waals surface area (Å²) in [7, 11) is 5.22. The standard InChI is InChI=1S/C22H27NO4/c1-23-18-11-17(16-9-8-14-6-4-5-7-15(14)10-16)21(22(24)26-3)19(23)12-20(18)27-13-25-2/h4-10,17-21H,11-13H2,1-3H3/t17-,18?,19?,20-,21-/m0/s1. The van der Waals surface area contributed by atoms with Gasteiger partial charge in [0.05, 0.1) is 19.1 Å². The van der Waals surface area contributed by atoms with Crippen LogP contribution in [0.25, 0.3) is 10.8 Å². The molecule has 5 nitrogen and oxygen atoms in total. The lowest BCUT2D eigenvalue weighted by atomic mass is 9.76. The largest absolute Gasteiger partial charge is 0.469 e. The van der Waals surface area contributed by atoms with Crippen molar-refractivity contribution in [3.05, 3.63) is 48.0 Å². The molecular weight excluding hydrogens is 342 g/mol. The van der Waals surface area contributed by atoms with E-state index in [2.05, 4.69) is 48.3 Å². The summed E-state index contributed by atoms with van der Waals surface area (Å²) in [6.45, 7) is 0.283. The average Bonchev–Trinajstić information content (AvgIpc) is 2.89. The Morgan fingerprint density at radius 2 is 1.85 bits per heavy atom. The molecule has 0 saturated carbocycles. The van der Waals surface area contributed by atoms with Crippen LogP contribution in [-0.2, 0) is 19.0 Å². The number of carbonyl (C=O) groups is 1. The number of piperidine rings is 1. The quantitative estimate of drug-likeness (QED) is 0.598. The van der Waals surface area contributed by atoms with Crippen LogP contribution in [0, 0.1) is 5.92 Å². The van der Waals surface area contributed by atoms with Gasteiger partial charge in [0.2, 0.25) is 0 Å². The number of rotatable bonds is 5. The van der Waals surface area contributed by atoms with Crippen molar-refractivity contribution in [2.24, 2.45) is 5.92 Å². The van der Waals surface area contributed by atoms with Gasteiger partial charge in [0.15, 0.2) is 0 Å². The lowest BCUT2D eigenvalue weighted by molar-refractivity contribution is -0.150. The van der Waals surface area contributed by atoms with Crippen molar-refractivity contribution >= 4 is 16.7 Å². The minimum Gasteiger partial charge on any atom is -0.469 e. The first-order valence-electron chi connectivity index (χ1n) is 9.53. The van der Waals surface area contributed by atoms with Gasteiger partial charge in [0, 0.05) is 25.1 Å². The number of methoxy groups -OCH3 is 2. The first-order valence-corrected chi connectivity index (χ1v) is 9.53. The Morgan fingerprint density at radius 3 is 2.59 bits per heavy atom. The van der Waals surface area contributed by atoms with Crippen molar-refractivity contribution in [3.63, 3.8) is 0 Å². The number of carbonyl (C=O) groups excluding carboxylic acids is 1. The predicted molar refractivity (Wildman–Crippen MR) is 104 cm³/mol. The van der Waals surface area contributed by atoms with Crippen LogP contribution in [0.2, 0.25) is 0 Å². The number of nitrogens with zero attached hydrogens (tertiary/aromatic N) is 1. The molecule has 0 amide bonds. The molecule has 2 saturated heterocycles. The molecule has 144 valence electrons. The van der Waals surface area contributed by atoms with E-state index >= 15 is 0 Å². The molecule has 2 aliphatic rings. The highest BCUT2D eigenvalue weighted by atomic mass is 16.7.